The quantitative estimate of drug-likeness (QED) is 0.696. The van der Waals surface area contributed by atoms with Crippen LogP contribution in [0, 0.1) is 0 Å². The van der Waals surface area contributed by atoms with E-state index >= 15 is 0 Å². The van der Waals surface area contributed by atoms with Crippen molar-refractivity contribution < 1.29 is 14.3 Å². The van der Waals surface area contributed by atoms with Crippen molar-refractivity contribution in [1.29, 1.82) is 0 Å². The van der Waals surface area contributed by atoms with E-state index in [9.17, 15) is 9.59 Å². The molecule has 3 aromatic carbocycles. The van der Waals surface area contributed by atoms with Crippen LogP contribution in [0.25, 0.3) is 0 Å². The molecule has 0 atom stereocenters. The molecule has 0 radical (unpaired) electrons. The Bertz CT molecular complexity index is 1000. The number of anilines is 2. The molecule has 0 aromatic heterocycles. The van der Waals surface area contributed by atoms with Crippen LogP contribution < -0.4 is 15.0 Å². The van der Waals surface area contributed by atoms with Crippen LogP contribution in [0.3, 0.4) is 0 Å². The first-order valence-electron chi connectivity index (χ1n) is 9.24. The zero-order chi connectivity index (χ0) is 19.3. The summed E-state index contributed by atoms with van der Waals surface area (Å²) in [7, 11) is 0. The lowest BCUT2D eigenvalue weighted by molar-refractivity contribution is -0.117. The largest absolute Gasteiger partial charge is 0.457 e. The third kappa shape index (κ3) is 4.04. The van der Waals surface area contributed by atoms with Crippen LogP contribution in [0.15, 0.2) is 78.9 Å². The molecule has 1 heterocycles. The third-order valence-electron chi connectivity index (χ3n) is 4.56. The SMILES string of the molecule is O=C(Nc1cccc(Oc2ccccc2)c1)c1cccc(N2CCCC2=O)c1. The summed E-state index contributed by atoms with van der Waals surface area (Å²) >= 11 is 0. The van der Waals surface area contributed by atoms with Gasteiger partial charge in [-0.2, -0.15) is 0 Å². The zero-order valence-corrected chi connectivity index (χ0v) is 15.3. The molecular formula is C23H20N2O3. The van der Waals surface area contributed by atoms with Crippen LogP contribution >= 0.6 is 0 Å². The van der Waals surface area contributed by atoms with E-state index in [-0.39, 0.29) is 11.8 Å². The predicted molar refractivity (Wildman–Crippen MR) is 109 cm³/mol. The summed E-state index contributed by atoms with van der Waals surface area (Å²) in [6, 6.07) is 23.9. The Morgan fingerprint density at radius 1 is 0.893 bits per heavy atom. The normalized spacial score (nSPS) is 13.4. The summed E-state index contributed by atoms with van der Waals surface area (Å²) in [6.07, 6.45) is 1.41. The second-order valence-electron chi connectivity index (χ2n) is 6.60. The molecule has 3 aromatic rings. The highest BCUT2D eigenvalue weighted by atomic mass is 16.5. The van der Waals surface area contributed by atoms with Crippen LogP contribution in [0.2, 0.25) is 0 Å². The van der Waals surface area contributed by atoms with Gasteiger partial charge in [-0.25, -0.2) is 0 Å². The number of ether oxygens (including phenoxy) is 1. The highest BCUT2D eigenvalue weighted by Crippen LogP contribution is 2.25. The predicted octanol–water partition coefficient (Wildman–Crippen LogP) is 4.86. The molecule has 1 N–H and O–H groups in total. The monoisotopic (exact) mass is 372 g/mol. The molecule has 2 amide bonds. The molecule has 0 aliphatic carbocycles. The van der Waals surface area contributed by atoms with E-state index in [1.54, 1.807) is 29.2 Å². The topological polar surface area (TPSA) is 58.6 Å². The van der Waals surface area contributed by atoms with Gasteiger partial charge in [0.25, 0.3) is 5.91 Å². The van der Waals surface area contributed by atoms with Crippen LogP contribution in [0.4, 0.5) is 11.4 Å². The second kappa shape index (κ2) is 7.96. The highest BCUT2D eigenvalue weighted by molar-refractivity contribution is 6.05. The van der Waals surface area contributed by atoms with Crippen molar-refractivity contribution in [3.63, 3.8) is 0 Å². The number of carbonyl (C=O) groups is 2. The first kappa shape index (κ1) is 17.8. The Morgan fingerprint density at radius 3 is 2.46 bits per heavy atom. The van der Waals surface area contributed by atoms with Crippen LogP contribution in [-0.2, 0) is 4.79 Å². The zero-order valence-electron chi connectivity index (χ0n) is 15.3. The molecule has 1 saturated heterocycles. The fourth-order valence-corrected chi connectivity index (χ4v) is 3.20. The Morgan fingerprint density at radius 2 is 1.68 bits per heavy atom. The number of para-hydroxylation sites is 1. The number of nitrogens with one attached hydrogen (secondary N) is 1. The maximum atomic E-state index is 12.7. The van der Waals surface area contributed by atoms with Gasteiger partial charge in [0.1, 0.15) is 11.5 Å². The van der Waals surface area contributed by atoms with E-state index < -0.39 is 0 Å². The Labute approximate surface area is 163 Å². The Balaban J connectivity index is 1.48. The fourth-order valence-electron chi connectivity index (χ4n) is 3.20. The minimum absolute atomic E-state index is 0.100. The van der Waals surface area contributed by atoms with E-state index in [0.717, 1.165) is 17.9 Å². The van der Waals surface area contributed by atoms with Gasteiger partial charge in [-0.3, -0.25) is 9.59 Å². The first-order valence-corrected chi connectivity index (χ1v) is 9.24. The average Bonchev–Trinajstić information content (AvgIpc) is 3.15. The van der Waals surface area contributed by atoms with Crippen molar-refractivity contribution in [2.24, 2.45) is 0 Å². The van der Waals surface area contributed by atoms with Crippen molar-refractivity contribution in [3.8, 4) is 11.5 Å². The highest BCUT2D eigenvalue weighted by Gasteiger charge is 2.22. The Hall–Kier alpha value is -3.60. The number of hydrogen-bond acceptors (Lipinski definition) is 3. The maximum Gasteiger partial charge on any atom is 0.255 e. The molecule has 0 saturated carbocycles. The molecule has 1 aliphatic rings. The molecule has 28 heavy (non-hydrogen) atoms. The van der Waals surface area contributed by atoms with Gasteiger partial charge in [-0.05, 0) is 48.9 Å². The van der Waals surface area contributed by atoms with Crippen molar-refractivity contribution >= 4 is 23.2 Å². The summed E-state index contributed by atoms with van der Waals surface area (Å²) in [5, 5.41) is 2.89. The van der Waals surface area contributed by atoms with E-state index in [1.807, 2.05) is 54.6 Å². The number of hydrogen-bond donors (Lipinski definition) is 1. The summed E-state index contributed by atoms with van der Waals surface area (Å²) in [4.78, 5) is 26.4. The van der Waals surface area contributed by atoms with Gasteiger partial charge < -0.3 is 15.0 Å². The van der Waals surface area contributed by atoms with Gasteiger partial charge in [-0.15, -0.1) is 0 Å². The molecule has 0 spiro atoms. The van der Waals surface area contributed by atoms with E-state index in [0.29, 0.717) is 30.0 Å². The number of nitrogens with zero attached hydrogens (tertiary/aromatic N) is 1. The van der Waals surface area contributed by atoms with Crippen molar-refractivity contribution in [3.05, 3.63) is 84.4 Å². The lowest BCUT2D eigenvalue weighted by Crippen LogP contribution is -2.24. The first-order chi connectivity index (χ1) is 13.7. The van der Waals surface area contributed by atoms with Crippen LogP contribution in [0.5, 0.6) is 11.5 Å². The molecule has 1 aliphatic heterocycles. The molecule has 0 bridgehead atoms. The van der Waals surface area contributed by atoms with Gasteiger partial charge in [-0.1, -0.05) is 30.3 Å². The molecule has 5 nitrogen and oxygen atoms in total. The number of rotatable bonds is 5. The summed E-state index contributed by atoms with van der Waals surface area (Å²) < 4.78 is 5.81. The molecule has 1 fully saturated rings. The van der Waals surface area contributed by atoms with Gasteiger partial charge in [0.05, 0.1) is 0 Å². The van der Waals surface area contributed by atoms with Crippen molar-refractivity contribution in [1.82, 2.24) is 0 Å². The van der Waals surface area contributed by atoms with Crippen LogP contribution in [0.1, 0.15) is 23.2 Å². The lowest BCUT2D eigenvalue weighted by Gasteiger charge is -2.16. The van der Waals surface area contributed by atoms with Crippen LogP contribution in [-0.4, -0.2) is 18.4 Å². The summed E-state index contributed by atoms with van der Waals surface area (Å²) in [6.45, 7) is 0.697. The number of benzene rings is 3. The minimum atomic E-state index is -0.231. The van der Waals surface area contributed by atoms with Gasteiger partial charge in [0.15, 0.2) is 0 Å². The van der Waals surface area contributed by atoms with Crippen molar-refractivity contribution in [2.75, 3.05) is 16.8 Å². The van der Waals surface area contributed by atoms with Gasteiger partial charge >= 0.3 is 0 Å². The smallest absolute Gasteiger partial charge is 0.255 e. The molecule has 140 valence electrons. The third-order valence-corrected chi connectivity index (χ3v) is 4.56. The van der Waals surface area contributed by atoms with Crippen molar-refractivity contribution in [2.45, 2.75) is 12.8 Å². The van der Waals surface area contributed by atoms with E-state index in [2.05, 4.69) is 5.32 Å². The number of amides is 2. The van der Waals surface area contributed by atoms with Gasteiger partial charge in [0, 0.05) is 36.0 Å². The lowest BCUT2D eigenvalue weighted by atomic mass is 10.1. The maximum absolute atomic E-state index is 12.7. The average molecular weight is 372 g/mol. The Kier molecular flexibility index (Phi) is 5.06. The molecule has 0 unspecified atom stereocenters. The van der Waals surface area contributed by atoms with E-state index in [4.69, 9.17) is 4.74 Å². The van der Waals surface area contributed by atoms with Gasteiger partial charge in [0.2, 0.25) is 5.91 Å². The molecular weight excluding hydrogens is 352 g/mol. The fraction of sp³-hybridized carbons (Fsp3) is 0.130. The van der Waals surface area contributed by atoms with E-state index in [1.165, 1.54) is 0 Å². The number of carbonyl (C=O) groups excluding carboxylic acids is 2. The summed E-state index contributed by atoms with van der Waals surface area (Å²) in [5.41, 5.74) is 1.91. The second-order valence-corrected chi connectivity index (χ2v) is 6.60. The minimum Gasteiger partial charge on any atom is -0.457 e. The summed E-state index contributed by atoms with van der Waals surface area (Å²) in [5.74, 6) is 1.24. The standard InChI is InChI=1S/C23H20N2O3/c26-22-13-6-14-25(22)19-9-4-7-17(15-19)23(27)24-18-8-5-12-21(16-18)28-20-10-2-1-3-11-20/h1-5,7-12,15-16H,6,13-14H2,(H,24,27). The molecule has 5 heteroatoms. The molecule has 4 rings (SSSR count).